The highest BCUT2D eigenvalue weighted by atomic mass is 19.1. The molecule has 1 atom stereocenters. The first-order chi connectivity index (χ1) is 12.3. The number of urea groups is 1. The number of halogens is 1. The minimum Gasteiger partial charge on any atom is -0.494 e. The van der Waals surface area contributed by atoms with Crippen molar-refractivity contribution in [1.29, 1.82) is 0 Å². The first-order valence-corrected chi connectivity index (χ1v) is 8.54. The highest BCUT2D eigenvalue weighted by Gasteiger charge is 2.49. The number of carbonyl (C=O) groups excluding carboxylic acids is 3. The fourth-order valence-corrected chi connectivity index (χ4v) is 3.02. The van der Waals surface area contributed by atoms with Gasteiger partial charge in [0, 0.05) is 0 Å². The molecular formula is C18H24FN3O4. The van der Waals surface area contributed by atoms with Gasteiger partial charge in [-0.15, -0.1) is 0 Å². The molecule has 1 saturated heterocycles. The van der Waals surface area contributed by atoms with E-state index in [9.17, 15) is 18.8 Å². The molecule has 0 bridgehead atoms. The predicted molar refractivity (Wildman–Crippen MR) is 93.1 cm³/mol. The number of amides is 4. The third-order valence-corrected chi connectivity index (χ3v) is 4.81. The van der Waals surface area contributed by atoms with Crippen LogP contribution in [-0.4, -0.2) is 41.9 Å². The summed E-state index contributed by atoms with van der Waals surface area (Å²) in [6.45, 7) is 4.93. The summed E-state index contributed by atoms with van der Waals surface area (Å²) in [5, 5.41) is 5.34. The largest absolute Gasteiger partial charge is 0.494 e. The molecule has 2 rings (SSSR count). The third-order valence-electron chi connectivity index (χ3n) is 4.81. The molecule has 26 heavy (non-hydrogen) atoms. The van der Waals surface area contributed by atoms with Gasteiger partial charge in [0.05, 0.1) is 13.2 Å². The second-order valence-corrected chi connectivity index (χ2v) is 6.29. The van der Waals surface area contributed by atoms with E-state index in [0.717, 1.165) is 4.90 Å². The lowest BCUT2D eigenvalue weighted by Gasteiger charge is -2.23. The Morgan fingerprint density at radius 1 is 1.35 bits per heavy atom. The molecule has 1 aliphatic rings. The first kappa shape index (κ1) is 19.7. The van der Waals surface area contributed by atoms with Crippen LogP contribution in [-0.2, 0) is 9.59 Å². The summed E-state index contributed by atoms with van der Waals surface area (Å²) in [5.74, 6) is -1.32. The lowest BCUT2D eigenvalue weighted by Crippen LogP contribution is -2.46. The SMILES string of the molecule is CCC1(CC)NC(=O)N(CC(=O)N[C@@H](C)c2ccc(OC)c(F)c2)C1=O. The van der Waals surface area contributed by atoms with Crippen LogP contribution in [0.3, 0.4) is 0 Å². The Bertz CT molecular complexity index is 718. The summed E-state index contributed by atoms with van der Waals surface area (Å²) in [6.07, 6.45) is 0.904. The molecule has 0 aliphatic carbocycles. The fourth-order valence-electron chi connectivity index (χ4n) is 3.02. The van der Waals surface area contributed by atoms with Crippen molar-refractivity contribution >= 4 is 17.8 Å². The van der Waals surface area contributed by atoms with E-state index in [1.54, 1.807) is 13.0 Å². The second kappa shape index (κ2) is 7.72. The number of benzene rings is 1. The zero-order valence-corrected chi connectivity index (χ0v) is 15.4. The molecule has 1 aromatic carbocycles. The van der Waals surface area contributed by atoms with E-state index < -0.39 is 35.2 Å². The van der Waals surface area contributed by atoms with Crippen LogP contribution in [0.4, 0.5) is 9.18 Å². The Balaban J connectivity index is 2.03. The Morgan fingerprint density at radius 3 is 2.50 bits per heavy atom. The van der Waals surface area contributed by atoms with Gasteiger partial charge in [0.1, 0.15) is 12.1 Å². The van der Waals surface area contributed by atoms with Gasteiger partial charge in [-0.05, 0) is 37.5 Å². The van der Waals surface area contributed by atoms with Crippen molar-refractivity contribution in [1.82, 2.24) is 15.5 Å². The number of ether oxygens (including phenoxy) is 1. The molecule has 1 aromatic rings. The Hall–Kier alpha value is -2.64. The zero-order chi connectivity index (χ0) is 19.5. The van der Waals surface area contributed by atoms with Gasteiger partial charge in [-0.2, -0.15) is 0 Å². The molecule has 2 N–H and O–H groups in total. The Kier molecular flexibility index (Phi) is 5.84. The predicted octanol–water partition coefficient (Wildman–Crippen LogP) is 2.12. The first-order valence-electron chi connectivity index (χ1n) is 8.54. The zero-order valence-electron chi connectivity index (χ0n) is 15.4. The highest BCUT2D eigenvalue weighted by Crippen LogP contribution is 2.25. The minimum absolute atomic E-state index is 0.113. The molecular weight excluding hydrogens is 341 g/mol. The van der Waals surface area contributed by atoms with E-state index in [1.807, 2.05) is 13.8 Å². The van der Waals surface area contributed by atoms with E-state index in [2.05, 4.69) is 10.6 Å². The lowest BCUT2D eigenvalue weighted by atomic mass is 9.93. The minimum atomic E-state index is -0.942. The van der Waals surface area contributed by atoms with Crippen LogP contribution in [0.1, 0.15) is 45.2 Å². The molecule has 4 amide bonds. The highest BCUT2D eigenvalue weighted by molar-refractivity contribution is 6.09. The molecule has 1 aliphatic heterocycles. The normalized spacial score (nSPS) is 17.0. The number of imide groups is 1. The molecule has 0 unspecified atom stereocenters. The van der Waals surface area contributed by atoms with Crippen molar-refractivity contribution in [3.63, 3.8) is 0 Å². The maximum Gasteiger partial charge on any atom is 0.325 e. The number of hydrogen-bond donors (Lipinski definition) is 2. The smallest absolute Gasteiger partial charge is 0.325 e. The van der Waals surface area contributed by atoms with Crippen LogP contribution in [0.15, 0.2) is 18.2 Å². The standard InChI is InChI=1S/C18H24FN3O4/c1-5-18(6-2)16(24)22(17(25)21-18)10-15(23)20-11(3)12-7-8-14(26-4)13(19)9-12/h7-9,11H,5-6,10H2,1-4H3,(H,20,23)(H,21,25)/t11-/m0/s1. The molecule has 0 aromatic heterocycles. The molecule has 1 fully saturated rings. The molecule has 7 nitrogen and oxygen atoms in total. The van der Waals surface area contributed by atoms with Gasteiger partial charge >= 0.3 is 6.03 Å². The van der Waals surface area contributed by atoms with E-state index in [4.69, 9.17) is 4.74 Å². The summed E-state index contributed by atoms with van der Waals surface area (Å²) in [7, 11) is 1.37. The van der Waals surface area contributed by atoms with Crippen LogP contribution in [0.25, 0.3) is 0 Å². The summed E-state index contributed by atoms with van der Waals surface area (Å²) < 4.78 is 18.7. The Labute approximate surface area is 151 Å². The summed E-state index contributed by atoms with van der Waals surface area (Å²) >= 11 is 0. The number of rotatable bonds is 7. The number of hydrogen-bond acceptors (Lipinski definition) is 4. The Morgan fingerprint density at radius 2 is 2.00 bits per heavy atom. The van der Waals surface area contributed by atoms with Crippen LogP contribution in [0.5, 0.6) is 5.75 Å². The average Bonchev–Trinajstić information content (AvgIpc) is 2.86. The summed E-state index contributed by atoms with van der Waals surface area (Å²) in [6, 6.07) is 3.32. The molecule has 0 radical (unpaired) electrons. The lowest BCUT2D eigenvalue weighted by molar-refractivity contribution is -0.135. The van der Waals surface area contributed by atoms with Gasteiger partial charge in [-0.25, -0.2) is 9.18 Å². The van der Waals surface area contributed by atoms with Gasteiger partial charge in [0.15, 0.2) is 11.6 Å². The van der Waals surface area contributed by atoms with Crippen molar-refractivity contribution in [3.8, 4) is 5.75 Å². The maximum absolute atomic E-state index is 13.8. The van der Waals surface area contributed by atoms with Crippen molar-refractivity contribution in [3.05, 3.63) is 29.6 Å². The van der Waals surface area contributed by atoms with Crippen LogP contribution in [0.2, 0.25) is 0 Å². The fraction of sp³-hybridized carbons (Fsp3) is 0.500. The van der Waals surface area contributed by atoms with Crippen LogP contribution >= 0.6 is 0 Å². The maximum atomic E-state index is 13.8. The van der Waals surface area contributed by atoms with E-state index >= 15 is 0 Å². The second-order valence-electron chi connectivity index (χ2n) is 6.29. The van der Waals surface area contributed by atoms with Gasteiger partial charge in [-0.1, -0.05) is 19.9 Å². The van der Waals surface area contributed by atoms with Gasteiger partial charge in [0.25, 0.3) is 5.91 Å². The van der Waals surface area contributed by atoms with Crippen molar-refractivity contribution in [2.75, 3.05) is 13.7 Å². The molecule has 0 saturated carbocycles. The van der Waals surface area contributed by atoms with E-state index in [0.29, 0.717) is 18.4 Å². The quantitative estimate of drug-likeness (QED) is 0.725. The number of nitrogens with zero attached hydrogens (tertiary/aromatic N) is 1. The molecule has 8 heteroatoms. The van der Waals surface area contributed by atoms with Gasteiger partial charge < -0.3 is 15.4 Å². The summed E-state index contributed by atoms with van der Waals surface area (Å²) in [5.41, 5.74) is -0.396. The van der Waals surface area contributed by atoms with Crippen molar-refractivity contribution in [2.24, 2.45) is 0 Å². The molecule has 142 valence electrons. The van der Waals surface area contributed by atoms with Crippen LogP contribution in [0, 0.1) is 5.82 Å². The number of carbonyl (C=O) groups is 3. The molecule has 0 spiro atoms. The van der Waals surface area contributed by atoms with E-state index in [-0.39, 0.29) is 12.3 Å². The van der Waals surface area contributed by atoms with Gasteiger partial charge in [-0.3, -0.25) is 14.5 Å². The number of nitrogens with one attached hydrogen (secondary N) is 2. The summed E-state index contributed by atoms with van der Waals surface area (Å²) in [4.78, 5) is 37.8. The number of methoxy groups -OCH3 is 1. The van der Waals surface area contributed by atoms with E-state index in [1.165, 1.54) is 19.2 Å². The van der Waals surface area contributed by atoms with Crippen molar-refractivity contribution < 1.29 is 23.5 Å². The third kappa shape index (κ3) is 3.63. The topological polar surface area (TPSA) is 87.7 Å². The van der Waals surface area contributed by atoms with Gasteiger partial charge in [0.2, 0.25) is 5.91 Å². The molecule has 1 heterocycles. The monoisotopic (exact) mass is 365 g/mol. The average molecular weight is 365 g/mol. The van der Waals surface area contributed by atoms with Crippen LogP contribution < -0.4 is 15.4 Å². The van der Waals surface area contributed by atoms with Crippen molar-refractivity contribution in [2.45, 2.75) is 45.2 Å².